The molecule has 21 heavy (non-hydrogen) atoms. The highest BCUT2D eigenvalue weighted by atomic mass is 35.5. The third kappa shape index (κ3) is 4.70. The van der Waals surface area contributed by atoms with Gasteiger partial charge in [0, 0.05) is 11.9 Å². The Morgan fingerprint density at radius 2 is 2.14 bits per heavy atom. The van der Waals surface area contributed by atoms with Crippen molar-refractivity contribution in [1.82, 2.24) is 15.0 Å². The average Bonchev–Trinajstić information content (AvgIpc) is 2.88. The second-order valence-electron chi connectivity index (χ2n) is 4.48. The Hall–Kier alpha value is -1.63. The average molecular weight is 328 g/mol. The number of aryl methyl sites for hydroxylation is 1. The lowest BCUT2D eigenvalue weighted by atomic mass is 10.2. The summed E-state index contributed by atoms with van der Waals surface area (Å²) in [5.74, 6) is -0.219. The number of nitrogens with zero attached hydrogens (tertiary/aromatic N) is 3. The number of halogens is 2. The molecule has 0 bridgehead atoms. The molecule has 1 heterocycles. The smallest absolute Gasteiger partial charge is 0.246 e. The van der Waals surface area contributed by atoms with Crippen molar-refractivity contribution in [2.45, 2.75) is 19.4 Å². The molecule has 6 nitrogen and oxygen atoms in total. The van der Waals surface area contributed by atoms with Crippen molar-refractivity contribution in [3.63, 3.8) is 0 Å². The molecule has 1 aromatic heterocycles. The van der Waals surface area contributed by atoms with Gasteiger partial charge in [-0.25, -0.2) is 4.68 Å². The quantitative estimate of drug-likeness (QED) is 0.850. The maximum absolute atomic E-state index is 11.9. The van der Waals surface area contributed by atoms with Gasteiger partial charge in [0.25, 0.3) is 0 Å². The van der Waals surface area contributed by atoms with Crippen LogP contribution >= 0.6 is 23.2 Å². The molecule has 0 atom stereocenters. The first-order chi connectivity index (χ1) is 10.1. The fraction of sp³-hybridized carbons (Fsp3) is 0.308. The summed E-state index contributed by atoms with van der Waals surface area (Å²) < 4.78 is 1.48. The standard InChI is InChI=1S/C13H15Cl2N5O/c14-11-4-3-9(6-12(11)15)17-13(21)8-20-7-10(18-19-20)2-1-5-16/h3-4,6-7H,1-2,5,8,16H2,(H,17,21). The number of nitrogens with two attached hydrogens (primary N) is 1. The third-order valence-corrected chi connectivity index (χ3v) is 3.47. The highest BCUT2D eigenvalue weighted by molar-refractivity contribution is 6.42. The van der Waals surface area contributed by atoms with E-state index in [1.54, 1.807) is 24.4 Å². The van der Waals surface area contributed by atoms with Gasteiger partial charge >= 0.3 is 0 Å². The lowest BCUT2D eigenvalue weighted by molar-refractivity contribution is -0.116. The molecule has 3 N–H and O–H groups in total. The molecule has 2 aromatic rings. The number of nitrogens with one attached hydrogen (secondary N) is 1. The number of hydrogen-bond donors (Lipinski definition) is 2. The van der Waals surface area contributed by atoms with Gasteiger partial charge in [0.15, 0.2) is 0 Å². The normalized spacial score (nSPS) is 10.6. The highest BCUT2D eigenvalue weighted by Crippen LogP contribution is 2.24. The molecule has 112 valence electrons. The monoisotopic (exact) mass is 327 g/mol. The van der Waals surface area contributed by atoms with E-state index in [-0.39, 0.29) is 12.5 Å². The van der Waals surface area contributed by atoms with Crippen LogP contribution in [-0.2, 0) is 17.8 Å². The van der Waals surface area contributed by atoms with Crippen molar-refractivity contribution in [3.05, 3.63) is 40.1 Å². The molecule has 1 aromatic carbocycles. The Morgan fingerprint density at radius 1 is 1.33 bits per heavy atom. The van der Waals surface area contributed by atoms with Gasteiger partial charge < -0.3 is 11.1 Å². The SMILES string of the molecule is NCCCc1cn(CC(=O)Nc2ccc(Cl)c(Cl)c2)nn1. The lowest BCUT2D eigenvalue weighted by Crippen LogP contribution is -2.19. The second-order valence-corrected chi connectivity index (χ2v) is 5.29. The highest BCUT2D eigenvalue weighted by Gasteiger charge is 2.07. The summed E-state index contributed by atoms with van der Waals surface area (Å²) >= 11 is 11.7. The molecule has 0 unspecified atom stereocenters. The summed E-state index contributed by atoms with van der Waals surface area (Å²) in [5, 5.41) is 11.4. The zero-order valence-electron chi connectivity index (χ0n) is 11.2. The van der Waals surface area contributed by atoms with E-state index < -0.39 is 0 Å². The largest absolute Gasteiger partial charge is 0.330 e. The summed E-state index contributed by atoms with van der Waals surface area (Å²) in [6, 6.07) is 4.90. The van der Waals surface area contributed by atoms with Gasteiger partial charge in [-0.3, -0.25) is 4.79 Å². The van der Waals surface area contributed by atoms with Gasteiger partial charge in [-0.05, 0) is 37.6 Å². The molecule has 2 rings (SSSR count). The van der Waals surface area contributed by atoms with Crippen LogP contribution in [0.5, 0.6) is 0 Å². The molecule has 0 fully saturated rings. The van der Waals surface area contributed by atoms with Gasteiger partial charge in [-0.15, -0.1) is 5.10 Å². The number of aromatic nitrogens is 3. The maximum Gasteiger partial charge on any atom is 0.246 e. The van der Waals surface area contributed by atoms with Gasteiger partial charge in [0.05, 0.1) is 15.7 Å². The number of carbonyl (C=O) groups excluding carboxylic acids is 1. The van der Waals surface area contributed by atoms with Crippen LogP contribution in [0.1, 0.15) is 12.1 Å². The van der Waals surface area contributed by atoms with Gasteiger partial charge in [-0.2, -0.15) is 0 Å². The van der Waals surface area contributed by atoms with Crippen LogP contribution in [0.2, 0.25) is 10.0 Å². The Labute approximate surface area is 132 Å². The molecular weight excluding hydrogens is 313 g/mol. The first-order valence-electron chi connectivity index (χ1n) is 6.42. The van der Waals surface area contributed by atoms with Crippen LogP contribution in [0, 0.1) is 0 Å². The topological polar surface area (TPSA) is 85.8 Å². The summed E-state index contributed by atoms with van der Waals surface area (Å²) in [6.45, 7) is 0.681. The van der Waals surface area contributed by atoms with Crippen molar-refractivity contribution >= 4 is 34.8 Å². The predicted molar refractivity (Wildman–Crippen MR) is 82.5 cm³/mol. The number of hydrogen-bond acceptors (Lipinski definition) is 4. The molecule has 8 heteroatoms. The Bertz CT molecular complexity index is 629. The fourth-order valence-electron chi connectivity index (χ4n) is 1.74. The first kappa shape index (κ1) is 15.8. The van der Waals surface area contributed by atoms with E-state index in [1.165, 1.54) is 4.68 Å². The van der Waals surface area contributed by atoms with E-state index in [0.717, 1.165) is 18.5 Å². The van der Waals surface area contributed by atoms with Crippen LogP contribution in [0.25, 0.3) is 0 Å². The number of anilines is 1. The molecule has 0 saturated heterocycles. The molecule has 1 amide bonds. The number of carbonyl (C=O) groups is 1. The van der Waals surface area contributed by atoms with Crippen LogP contribution in [0.3, 0.4) is 0 Å². The molecule has 0 radical (unpaired) electrons. The van der Waals surface area contributed by atoms with E-state index >= 15 is 0 Å². The molecule has 0 aliphatic carbocycles. The van der Waals surface area contributed by atoms with Crippen molar-refractivity contribution in [2.24, 2.45) is 5.73 Å². The number of rotatable bonds is 6. The summed E-state index contributed by atoms with van der Waals surface area (Å²) in [4.78, 5) is 11.9. The fourth-order valence-corrected chi connectivity index (χ4v) is 2.03. The third-order valence-electron chi connectivity index (χ3n) is 2.73. The first-order valence-corrected chi connectivity index (χ1v) is 7.18. The molecular formula is C13H15Cl2N5O. The molecule has 0 aliphatic rings. The van der Waals surface area contributed by atoms with E-state index in [0.29, 0.717) is 22.3 Å². The predicted octanol–water partition coefficient (Wildman–Crippen LogP) is 2.11. The van der Waals surface area contributed by atoms with Crippen LogP contribution < -0.4 is 11.1 Å². The number of benzene rings is 1. The summed E-state index contributed by atoms with van der Waals surface area (Å²) in [6.07, 6.45) is 3.34. The zero-order chi connectivity index (χ0) is 15.2. The zero-order valence-corrected chi connectivity index (χ0v) is 12.7. The van der Waals surface area contributed by atoms with E-state index in [9.17, 15) is 4.79 Å². The lowest BCUT2D eigenvalue weighted by Gasteiger charge is -2.06. The van der Waals surface area contributed by atoms with Gasteiger partial charge in [0.1, 0.15) is 6.54 Å². The van der Waals surface area contributed by atoms with Crippen LogP contribution in [0.4, 0.5) is 5.69 Å². The maximum atomic E-state index is 11.9. The van der Waals surface area contributed by atoms with Gasteiger partial charge in [-0.1, -0.05) is 28.4 Å². The van der Waals surface area contributed by atoms with Crippen molar-refractivity contribution in [1.29, 1.82) is 0 Å². The molecule has 0 saturated carbocycles. The van der Waals surface area contributed by atoms with Crippen LogP contribution in [-0.4, -0.2) is 27.4 Å². The summed E-state index contributed by atoms with van der Waals surface area (Å²) in [5.41, 5.74) is 6.84. The van der Waals surface area contributed by atoms with E-state index in [4.69, 9.17) is 28.9 Å². The Morgan fingerprint density at radius 3 is 2.86 bits per heavy atom. The second kappa shape index (κ2) is 7.40. The van der Waals surface area contributed by atoms with E-state index in [2.05, 4.69) is 15.6 Å². The Balaban J connectivity index is 1.91. The van der Waals surface area contributed by atoms with E-state index in [1.807, 2.05) is 0 Å². The minimum atomic E-state index is -0.219. The molecule has 0 spiro atoms. The Kier molecular flexibility index (Phi) is 5.55. The molecule has 0 aliphatic heterocycles. The number of amides is 1. The minimum absolute atomic E-state index is 0.0792. The van der Waals surface area contributed by atoms with Gasteiger partial charge in [0.2, 0.25) is 5.91 Å². The minimum Gasteiger partial charge on any atom is -0.330 e. The van der Waals surface area contributed by atoms with Crippen molar-refractivity contribution < 1.29 is 4.79 Å². The van der Waals surface area contributed by atoms with Crippen LogP contribution in [0.15, 0.2) is 24.4 Å². The van der Waals surface area contributed by atoms with Crippen molar-refractivity contribution in [3.8, 4) is 0 Å². The summed E-state index contributed by atoms with van der Waals surface area (Å²) in [7, 11) is 0. The van der Waals surface area contributed by atoms with Crippen molar-refractivity contribution in [2.75, 3.05) is 11.9 Å².